The molecule has 2 rings (SSSR count). The van der Waals surface area contributed by atoms with Gasteiger partial charge in [0.2, 0.25) is 0 Å². The van der Waals surface area contributed by atoms with Crippen LogP contribution < -0.4 is 5.32 Å². The number of benzene rings is 1. The van der Waals surface area contributed by atoms with Crippen LogP contribution in [-0.4, -0.2) is 17.5 Å². The fourth-order valence-electron chi connectivity index (χ4n) is 1.81. The summed E-state index contributed by atoms with van der Waals surface area (Å²) in [7, 11) is 0. The predicted octanol–water partition coefficient (Wildman–Crippen LogP) is 3.30. The molecule has 1 aromatic rings. The largest absolute Gasteiger partial charge is 0.381 e. The minimum atomic E-state index is 0.676. The molecule has 0 radical (unpaired) electrons. The van der Waals surface area contributed by atoms with Gasteiger partial charge in [0.25, 0.3) is 0 Å². The van der Waals surface area contributed by atoms with Crippen molar-refractivity contribution in [3.8, 4) is 0 Å². The Labute approximate surface area is 90.3 Å². The highest BCUT2D eigenvalue weighted by atomic mass is 32.2. The number of thioether (sulfide) groups is 1. The Morgan fingerprint density at radius 1 is 1.36 bits per heavy atom. The summed E-state index contributed by atoms with van der Waals surface area (Å²) in [5.41, 5.74) is 2.66. The van der Waals surface area contributed by atoms with E-state index in [2.05, 4.69) is 48.3 Å². The van der Waals surface area contributed by atoms with E-state index in [1.807, 2.05) is 0 Å². The zero-order chi connectivity index (χ0) is 9.80. The lowest BCUT2D eigenvalue weighted by Crippen LogP contribution is -2.25. The number of para-hydroxylation sites is 1. The third kappa shape index (κ3) is 2.44. The summed E-state index contributed by atoms with van der Waals surface area (Å²) in [5.74, 6) is 2.60. The van der Waals surface area contributed by atoms with Gasteiger partial charge < -0.3 is 5.32 Å². The van der Waals surface area contributed by atoms with E-state index in [0.717, 1.165) is 0 Å². The Morgan fingerprint density at radius 3 is 2.93 bits per heavy atom. The summed E-state index contributed by atoms with van der Waals surface area (Å²) in [6.45, 7) is 2.16. The molecule has 1 fully saturated rings. The quantitative estimate of drug-likeness (QED) is 0.798. The number of hydrogen-bond donors (Lipinski definition) is 1. The first-order valence-electron chi connectivity index (χ1n) is 5.26. The number of hydrogen-bond acceptors (Lipinski definition) is 2. The molecule has 14 heavy (non-hydrogen) atoms. The van der Waals surface area contributed by atoms with Crippen LogP contribution in [0.1, 0.15) is 18.4 Å². The normalized spacial score (nSPS) is 21.9. The Morgan fingerprint density at radius 2 is 2.21 bits per heavy atom. The van der Waals surface area contributed by atoms with Gasteiger partial charge in [-0.25, -0.2) is 0 Å². The molecular weight excluding hydrogens is 190 g/mol. The lowest BCUT2D eigenvalue weighted by Gasteiger charge is -2.24. The summed E-state index contributed by atoms with van der Waals surface area (Å²) in [4.78, 5) is 0. The first-order valence-corrected chi connectivity index (χ1v) is 6.41. The van der Waals surface area contributed by atoms with Crippen molar-refractivity contribution in [2.24, 2.45) is 0 Å². The molecule has 76 valence electrons. The number of aryl methyl sites for hydroxylation is 1. The third-order valence-electron chi connectivity index (χ3n) is 2.66. The van der Waals surface area contributed by atoms with Gasteiger partial charge in [0.1, 0.15) is 0 Å². The minimum Gasteiger partial charge on any atom is -0.381 e. The van der Waals surface area contributed by atoms with Crippen LogP contribution in [0.2, 0.25) is 0 Å². The molecular formula is C12H17NS. The maximum Gasteiger partial charge on any atom is 0.0372 e. The van der Waals surface area contributed by atoms with Gasteiger partial charge in [-0.05, 0) is 37.1 Å². The fourth-order valence-corrected chi connectivity index (χ4v) is 2.88. The molecule has 1 aliphatic heterocycles. The molecule has 1 atom stereocenters. The van der Waals surface area contributed by atoms with E-state index < -0.39 is 0 Å². The van der Waals surface area contributed by atoms with Crippen LogP contribution >= 0.6 is 11.8 Å². The minimum absolute atomic E-state index is 0.676. The molecule has 2 heteroatoms. The van der Waals surface area contributed by atoms with E-state index >= 15 is 0 Å². The molecule has 0 saturated carbocycles. The molecule has 1 aliphatic rings. The SMILES string of the molecule is Cc1ccccc1N[C@@H]1CCCSC1. The van der Waals surface area contributed by atoms with Crippen LogP contribution in [0.5, 0.6) is 0 Å². The van der Waals surface area contributed by atoms with Gasteiger partial charge in [-0.1, -0.05) is 18.2 Å². The van der Waals surface area contributed by atoms with Crippen LogP contribution in [0.3, 0.4) is 0 Å². The van der Waals surface area contributed by atoms with Gasteiger partial charge >= 0.3 is 0 Å². The molecule has 1 nitrogen and oxygen atoms in total. The van der Waals surface area contributed by atoms with Gasteiger partial charge in [0, 0.05) is 17.5 Å². The highest BCUT2D eigenvalue weighted by Crippen LogP contribution is 2.22. The van der Waals surface area contributed by atoms with Crippen LogP contribution in [0.25, 0.3) is 0 Å². The zero-order valence-corrected chi connectivity index (χ0v) is 9.44. The molecule has 1 heterocycles. The summed E-state index contributed by atoms with van der Waals surface area (Å²) in [6, 6.07) is 9.21. The van der Waals surface area contributed by atoms with Gasteiger partial charge in [-0.2, -0.15) is 11.8 Å². The summed E-state index contributed by atoms with van der Waals surface area (Å²) < 4.78 is 0. The van der Waals surface area contributed by atoms with Crippen molar-refractivity contribution in [1.82, 2.24) is 0 Å². The molecule has 0 spiro atoms. The van der Waals surface area contributed by atoms with Crippen molar-refractivity contribution in [2.45, 2.75) is 25.8 Å². The second kappa shape index (κ2) is 4.74. The van der Waals surface area contributed by atoms with Crippen molar-refractivity contribution in [3.63, 3.8) is 0 Å². The van der Waals surface area contributed by atoms with Crippen LogP contribution in [-0.2, 0) is 0 Å². The van der Waals surface area contributed by atoms with E-state index in [4.69, 9.17) is 0 Å². The second-order valence-corrected chi connectivity index (χ2v) is 5.02. The topological polar surface area (TPSA) is 12.0 Å². The highest BCUT2D eigenvalue weighted by Gasteiger charge is 2.13. The summed E-state index contributed by atoms with van der Waals surface area (Å²) in [5, 5.41) is 3.63. The Bertz CT molecular complexity index is 292. The summed E-state index contributed by atoms with van der Waals surface area (Å²) >= 11 is 2.07. The van der Waals surface area contributed by atoms with Gasteiger partial charge in [0.15, 0.2) is 0 Å². The number of rotatable bonds is 2. The van der Waals surface area contributed by atoms with Gasteiger partial charge in [-0.3, -0.25) is 0 Å². The van der Waals surface area contributed by atoms with E-state index in [9.17, 15) is 0 Å². The van der Waals surface area contributed by atoms with Gasteiger partial charge in [-0.15, -0.1) is 0 Å². The molecule has 1 aromatic carbocycles. The van der Waals surface area contributed by atoms with Crippen molar-refractivity contribution < 1.29 is 0 Å². The third-order valence-corrected chi connectivity index (χ3v) is 3.88. The Kier molecular flexibility index (Phi) is 3.35. The first-order chi connectivity index (χ1) is 6.86. The van der Waals surface area contributed by atoms with E-state index in [1.54, 1.807) is 0 Å². The molecule has 1 saturated heterocycles. The van der Waals surface area contributed by atoms with Crippen molar-refractivity contribution in [2.75, 3.05) is 16.8 Å². The van der Waals surface area contributed by atoms with Crippen molar-refractivity contribution in [1.29, 1.82) is 0 Å². The fraction of sp³-hybridized carbons (Fsp3) is 0.500. The molecule has 1 N–H and O–H groups in total. The second-order valence-electron chi connectivity index (χ2n) is 3.87. The lowest BCUT2D eigenvalue weighted by molar-refractivity contribution is 0.684. The van der Waals surface area contributed by atoms with Crippen LogP contribution in [0.4, 0.5) is 5.69 Å². The standard InChI is InChI=1S/C12H17NS/c1-10-5-2-3-7-12(10)13-11-6-4-8-14-9-11/h2-3,5,7,11,13H,4,6,8-9H2,1H3/t11-/m1/s1. The van der Waals surface area contributed by atoms with Crippen molar-refractivity contribution in [3.05, 3.63) is 29.8 Å². The average Bonchev–Trinajstić information content (AvgIpc) is 2.23. The average molecular weight is 207 g/mol. The molecule has 0 aliphatic carbocycles. The van der Waals surface area contributed by atoms with Crippen LogP contribution in [0, 0.1) is 6.92 Å². The molecule has 0 unspecified atom stereocenters. The maximum atomic E-state index is 3.63. The molecule has 0 bridgehead atoms. The van der Waals surface area contributed by atoms with E-state index in [-0.39, 0.29) is 0 Å². The molecule has 0 aromatic heterocycles. The lowest BCUT2D eigenvalue weighted by atomic mass is 10.1. The first kappa shape index (κ1) is 9.91. The van der Waals surface area contributed by atoms with E-state index in [0.29, 0.717) is 6.04 Å². The van der Waals surface area contributed by atoms with Gasteiger partial charge in [0.05, 0.1) is 0 Å². The highest BCUT2D eigenvalue weighted by molar-refractivity contribution is 7.99. The Balaban J connectivity index is 1.99. The predicted molar refractivity (Wildman–Crippen MR) is 65.1 cm³/mol. The number of anilines is 1. The monoisotopic (exact) mass is 207 g/mol. The van der Waals surface area contributed by atoms with Crippen molar-refractivity contribution >= 4 is 17.4 Å². The van der Waals surface area contributed by atoms with E-state index in [1.165, 1.54) is 35.6 Å². The summed E-state index contributed by atoms with van der Waals surface area (Å²) in [6.07, 6.45) is 2.68. The molecule has 0 amide bonds. The smallest absolute Gasteiger partial charge is 0.0372 e. The maximum absolute atomic E-state index is 3.63. The Hall–Kier alpha value is -0.630. The van der Waals surface area contributed by atoms with Crippen LogP contribution in [0.15, 0.2) is 24.3 Å². The zero-order valence-electron chi connectivity index (χ0n) is 8.62. The number of nitrogens with one attached hydrogen (secondary N) is 1.